The molecule has 0 unspecified atom stereocenters. The predicted molar refractivity (Wildman–Crippen MR) is 69.9 cm³/mol. The summed E-state index contributed by atoms with van der Waals surface area (Å²) < 4.78 is 5.19. The molecule has 1 aliphatic rings. The molecule has 3 heteroatoms. The van der Waals surface area contributed by atoms with Crippen LogP contribution >= 0.6 is 0 Å². The Kier molecular flexibility index (Phi) is 3.90. The van der Waals surface area contributed by atoms with Crippen LogP contribution in [0.3, 0.4) is 0 Å². The molecule has 0 atom stereocenters. The number of hydrogen-bond donors (Lipinski definition) is 1. The molecule has 0 saturated heterocycles. The number of methoxy groups -OCH3 is 1. The van der Waals surface area contributed by atoms with E-state index in [0.29, 0.717) is 6.42 Å². The van der Waals surface area contributed by atoms with Crippen LogP contribution in [0.25, 0.3) is 0 Å². The van der Waals surface area contributed by atoms with Crippen molar-refractivity contribution < 1.29 is 14.6 Å². The molecule has 1 aromatic rings. The third-order valence-electron chi connectivity index (χ3n) is 3.94. The molecule has 0 radical (unpaired) electrons. The number of benzene rings is 1. The van der Waals surface area contributed by atoms with E-state index < -0.39 is 11.4 Å². The van der Waals surface area contributed by atoms with Crippen molar-refractivity contribution in [2.45, 2.75) is 38.5 Å². The largest absolute Gasteiger partial charge is 0.497 e. The Hall–Kier alpha value is -1.51. The van der Waals surface area contributed by atoms with Crippen LogP contribution in [0.4, 0.5) is 0 Å². The highest BCUT2D eigenvalue weighted by Gasteiger charge is 2.39. The topological polar surface area (TPSA) is 46.5 Å². The molecule has 1 fully saturated rings. The third kappa shape index (κ3) is 2.66. The second kappa shape index (κ2) is 5.42. The Morgan fingerprint density at radius 2 is 2.06 bits per heavy atom. The molecule has 0 aliphatic heterocycles. The first-order chi connectivity index (χ1) is 8.66. The minimum absolute atomic E-state index is 0.565. The fourth-order valence-corrected chi connectivity index (χ4v) is 2.87. The van der Waals surface area contributed by atoms with Gasteiger partial charge in [0.2, 0.25) is 0 Å². The Balaban J connectivity index is 2.20. The van der Waals surface area contributed by atoms with Gasteiger partial charge in [0.1, 0.15) is 5.75 Å². The van der Waals surface area contributed by atoms with E-state index in [-0.39, 0.29) is 0 Å². The normalized spacial score (nSPS) is 18.3. The van der Waals surface area contributed by atoms with Crippen molar-refractivity contribution in [3.63, 3.8) is 0 Å². The molecule has 1 saturated carbocycles. The van der Waals surface area contributed by atoms with E-state index in [1.54, 1.807) is 7.11 Å². The zero-order valence-corrected chi connectivity index (χ0v) is 10.8. The van der Waals surface area contributed by atoms with Crippen LogP contribution < -0.4 is 4.74 Å². The number of rotatable bonds is 4. The minimum atomic E-state index is -0.648. The standard InChI is InChI=1S/C15H20O3/c1-18-13-7-5-6-12(10-13)11-15(14(16)17)8-3-2-4-9-15/h5-7,10H,2-4,8-9,11H2,1H3,(H,16,17). The number of carboxylic acids is 1. The summed E-state index contributed by atoms with van der Waals surface area (Å²) >= 11 is 0. The van der Waals surface area contributed by atoms with Crippen molar-refractivity contribution in [1.29, 1.82) is 0 Å². The van der Waals surface area contributed by atoms with Gasteiger partial charge in [-0.05, 0) is 37.0 Å². The maximum atomic E-state index is 11.6. The van der Waals surface area contributed by atoms with Gasteiger partial charge in [-0.15, -0.1) is 0 Å². The smallest absolute Gasteiger partial charge is 0.309 e. The highest BCUT2D eigenvalue weighted by Crippen LogP contribution is 2.39. The molecular formula is C15H20O3. The van der Waals surface area contributed by atoms with Crippen LogP contribution in [0.2, 0.25) is 0 Å². The van der Waals surface area contributed by atoms with Gasteiger partial charge in [-0.1, -0.05) is 31.4 Å². The Bertz CT molecular complexity index is 420. The molecule has 0 bridgehead atoms. The summed E-state index contributed by atoms with van der Waals surface area (Å²) in [5.41, 5.74) is 0.489. The van der Waals surface area contributed by atoms with Gasteiger partial charge >= 0.3 is 5.97 Å². The molecule has 98 valence electrons. The van der Waals surface area contributed by atoms with E-state index in [2.05, 4.69) is 0 Å². The van der Waals surface area contributed by atoms with Gasteiger partial charge in [0, 0.05) is 0 Å². The molecule has 2 rings (SSSR count). The van der Waals surface area contributed by atoms with Gasteiger partial charge < -0.3 is 9.84 Å². The molecule has 18 heavy (non-hydrogen) atoms. The lowest BCUT2D eigenvalue weighted by molar-refractivity contribution is -0.151. The molecule has 3 nitrogen and oxygen atoms in total. The van der Waals surface area contributed by atoms with E-state index in [9.17, 15) is 9.90 Å². The van der Waals surface area contributed by atoms with Gasteiger partial charge in [-0.25, -0.2) is 0 Å². The summed E-state index contributed by atoms with van der Waals surface area (Å²) in [6, 6.07) is 7.74. The SMILES string of the molecule is COc1cccc(CC2(C(=O)O)CCCCC2)c1. The van der Waals surface area contributed by atoms with Crippen LogP contribution in [0.1, 0.15) is 37.7 Å². The van der Waals surface area contributed by atoms with Crippen molar-refractivity contribution in [3.05, 3.63) is 29.8 Å². The average Bonchev–Trinajstić information content (AvgIpc) is 2.40. The van der Waals surface area contributed by atoms with Gasteiger partial charge in [-0.3, -0.25) is 4.79 Å². The molecule has 0 amide bonds. The summed E-state index contributed by atoms with van der Waals surface area (Å²) in [5, 5.41) is 9.55. The van der Waals surface area contributed by atoms with Gasteiger partial charge in [-0.2, -0.15) is 0 Å². The molecule has 1 N–H and O–H groups in total. The van der Waals surface area contributed by atoms with Crippen LogP contribution in [0.5, 0.6) is 5.75 Å². The van der Waals surface area contributed by atoms with Crippen LogP contribution in [-0.4, -0.2) is 18.2 Å². The Morgan fingerprint density at radius 1 is 1.33 bits per heavy atom. The summed E-state index contributed by atoms with van der Waals surface area (Å²) in [7, 11) is 1.63. The van der Waals surface area contributed by atoms with Crippen LogP contribution in [0.15, 0.2) is 24.3 Å². The zero-order valence-electron chi connectivity index (χ0n) is 10.8. The van der Waals surface area contributed by atoms with Gasteiger partial charge in [0.05, 0.1) is 12.5 Å². The predicted octanol–water partition coefficient (Wildman–Crippen LogP) is 3.27. The first kappa shape index (κ1) is 12.9. The third-order valence-corrected chi connectivity index (χ3v) is 3.94. The van der Waals surface area contributed by atoms with Gasteiger partial charge in [0.15, 0.2) is 0 Å². The van der Waals surface area contributed by atoms with Crippen molar-refractivity contribution in [2.75, 3.05) is 7.11 Å². The number of carboxylic acid groups (broad SMARTS) is 1. The van der Waals surface area contributed by atoms with E-state index >= 15 is 0 Å². The number of hydrogen-bond acceptors (Lipinski definition) is 2. The lowest BCUT2D eigenvalue weighted by Crippen LogP contribution is -2.35. The Morgan fingerprint density at radius 3 is 2.67 bits per heavy atom. The van der Waals surface area contributed by atoms with E-state index in [4.69, 9.17) is 4.74 Å². The fourth-order valence-electron chi connectivity index (χ4n) is 2.87. The van der Waals surface area contributed by atoms with Crippen LogP contribution in [-0.2, 0) is 11.2 Å². The van der Waals surface area contributed by atoms with Crippen molar-refractivity contribution in [3.8, 4) is 5.75 Å². The highest BCUT2D eigenvalue weighted by molar-refractivity contribution is 5.75. The zero-order chi connectivity index (χ0) is 13.0. The summed E-state index contributed by atoms with van der Waals surface area (Å²) in [6.07, 6.45) is 5.40. The lowest BCUT2D eigenvalue weighted by atomic mass is 9.70. The first-order valence-electron chi connectivity index (χ1n) is 6.53. The molecule has 0 spiro atoms. The summed E-state index contributed by atoms with van der Waals surface area (Å²) in [5.74, 6) is 0.147. The van der Waals surface area contributed by atoms with E-state index in [1.165, 1.54) is 0 Å². The summed E-state index contributed by atoms with van der Waals surface area (Å²) in [4.78, 5) is 11.6. The molecule has 1 aliphatic carbocycles. The number of aliphatic carboxylic acids is 1. The van der Waals surface area contributed by atoms with Crippen molar-refractivity contribution >= 4 is 5.97 Å². The fraction of sp³-hybridized carbons (Fsp3) is 0.533. The number of ether oxygens (including phenoxy) is 1. The molecule has 1 aromatic carbocycles. The molecule has 0 heterocycles. The summed E-state index contributed by atoms with van der Waals surface area (Å²) in [6.45, 7) is 0. The quantitative estimate of drug-likeness (QED) is 0.889. The van der Waals surface area contributed by atoms with Crippen molar-refractivity contribution in [2.24, 2.45) is 5.41 Å². The second-order valence-electron chi connectivity index (χ2n) is 5.17. The maximum absolute atomic E-state index is 11.6. The first-order valence-corrected chi connectivity index (χ1v) is 6.53. The maximum Gasteiger partial charge on any atom is 0.309 e. The van der Waals surface area contributed by atoms with E-state index in [1.807, 2.05) is 24.3 Å². The Labute approximate surface area is 108 Å². The number of carbonyl (C=O) groups is 1. The monoisotopic (exact) mass is 248 g/mol. The average molecular weight is 248 g/mol. The second-order valence-corrected chi connectivity index (χ2v) is 5.17. The molecule has 0 aromatic heterocycles. The van der Waals surface area contributed by atoms with Gasteiger partial charge in [0.25, 0.3) is 0 Å². The minimum Gasteiger partial charge on any atom is -0.497 e. The van der Waals surface area contributed by atoms with E-state index in [0.717, 1.165) is 43.4 Å². The lowest BCUT2D eigenvalue weighted by Gasteiger charge is -2.33. The highest BCUT2D eigenvalue weighted by atomic mass is 16.5. The molecular weight excluding hydrogens is 228 g/mol. The van der Waals surface area contributed by atoms with Crippen LogP contribution in [0, 0.1) is 5.41 Å². The van der Waals surface area contributed by atoms with Crippen molar-refractivity contribution in [1.82, 2.24) is 0 Å².